The summed E-state index contributed by atoms with van der Waals surface area (Å²) >= 11 is 0. The second-order valence-corrected chi connectivity index (χ2v) is 10.5. The Morgan fingerprint density at radius 2 is 1.82 bits per heavy atom. The standard InChI is InChI=1S/C29H28F4N4O7/c1-13(42-29(34)40)24-23(26(39)36-22(25(38)35-17-6-7-17)18-8-5-16(30)11-19(18)31)37-27(44-24)15-4-9-20(43-28(32)33)21(10-15)41-12-14-2-3-14/h4-5,8-11,13-14,17,22,28H,2-3,6-7,12H2,1H3,(H2,34,40)(H,35,38)(H,36,39)/t13-,22?/m0/s1. The van der Waals surface area contributed by atoms with Crippen LogP contribution in [0.5, 0.6) is 11.5 Å². The Balaban J connectivity index is 1.49. The second-order valence-electron chi connectivity index (χ2n) is 10.5. The Morgan fingerprint density at radius 1 is 1.07 bits per heavy atom. The van der Waals surface area contributed by atoms with E-state index < -0.39 is 54.0 Å². The van der Waals surface area contributed by atoms with Crippen LogP contribution in [-0.2, 0) is 9.53 Å². The van der Waals surface area contributed by atoms with Crippen LogP contribution in [0.2, 0.25) is 0 Å². The summed E-state index contributed by atoms with van der Waals surface area (Å²) < 4.78 is 75.4. The highest BCUT2D eigenvalue weighted by atomic mass is 19.3. The first-order chi connectivity index (χ1) is 21.0. The van der Waals surface area contributed by atoms with E-state index in [9.17, 15) is 31.9 Å². The Labute approximate surface area is 248 Å². The van der Waals surface area contributed by atoms with Crippen LogP contribution in [0.4, 0.5) is 22.4 Å². The van der Waals surface area contributed by atoms with Crippen LogP contribution in [-0.4, -0.2) is 42.2 Å². The van der Waals surface area contributed by atoms with Crippen molar-refractivity contribution in [2.75, 3.05) is 6.61 Å². The van der Waals surface area contributed by atoms with Gasteiger partial charge >= 0.3 is 12.7 Å². The largest absolute Gasteiger partial charge is 0.489 e. The summed E-state index contributed by atoms with van der Waals surface area (Å²) in [5, 5.41) is 5.07. The summed E-state index contributed by atoms with van der Waals surface area (Å²) in [5.74, 6) is -4.20. The fraction of sp³-hybridized carbons (Fsp3) is 0.379. The summed E-state index contributed by atoms with van der Waals surface area (Å²) in [6.45, 7) is -1.51. The van der Waals surface area contributed by atoms with Gasteiger partial charge in [0.1, 0.15) is 17.7 Å². The molecule has 2 aliphatic rings. The van der Waals surface area contributed by atoms with E-state index in [4.69, 9.17) is 19.6 Å². The Bertz CT molecular complexity index is 1560. The van der Waals surface area contributed by atoms with Gasteiger partial charge < -0.3 is 35.0 Å². The maximum absolute atomic E-state index is 14.8. The minimum Gasteiger partial charge on any atom is -0.489 e. The molecule has 0 spiro atoms. The van der Waals surface area contributed by atoms with Gasteiger partial charge in [-0.05, 0) is 62.8 Å². The molecule has 44 heavy (non-hydrogen) atoms. The van der Waals surface area contributed by atoms with Crippen molar-refractivity contribution in [2.45, 2.75) is 57.4 Å². The third-order valence-corrected chi connectivity index (χ3v) is 6.84. The maximum Gasteiger partial charge on any atom is 0.405 e. The first-order valence-corrected chi connectivity index (χ1v) is 13.7. The zero-order valence-electron chi connectivity index (χ0n) is 23.3. The lowest BCUT2D eigenvalue weighted by atomic mass is 10.0. The molecule has 2 aromatic carbocycles. The lowest BCUT2D eigenvalue weighted by Gasteiger charge is -2.19. The van der Waals surface area contributed by atoms with Gasteiger partial charge in [-0.15, -0.1) is 0 Å². The number of carbonyl (C=O) groups excluding carboxylic acids is 3. The molecule has 15 heteroatoms. The highest BCUT2D eigenvalue weighted by Crippen LogP contribution is 2.37. The van der Waals surface area contributed by atoms with Crippen LogP contribution in [0, 0.1) is 17.6 Å². The fourth-order valence-corrected chi connectivity index (χ4v) is 4.29. The second kappa shape index (κ2) is 12.8. The number of ether oxygens (including phenoxy) is 3. The molecule has 0 bridgehead atoms. The SMILES string of the molecule is C[C@H](OC(N)=O)c1oc(-c2ccc(OC(F)F)c(OCC3CC3)c2)nc1C(=O)NC(C(=O)NC1CC1)c1ccc(F)cc1F. The van der Waals surface area contributed by atoms with Crippen molar-refractivity contribution < 1.29 is 50.6 Å². The summed E-state index contributed by atoms with van der Waals surface area (Å²) in [6, 6.07) is 4.67. The number of rotatable bonds is 13. The number of alkyl halides is 2. The van der Waals surface area contributed by atoms with Crippen LogP contribution in [0.15, 0.2) is 40.8 Å². The molecular weight excluding hydrogens is 592 g/mol. The summed E-state index contributed by atoms with van der Waals surface area (Å²) in [6.07, 6.45) is 0.815. The van der Waals surface area contributed by atoms with Crippen LogP contribution in [0.25, 0.3) is 11.5 Å². The van der Waals surface area contributed by atoms with Crippen molar-refractivity contribution in [2.24, 2.45) is 11.7 Å². The van der Waals surface area contributed by atoms with Crippen molar-refractivity contribution in [3.8, 4) is 23.0 Å². The van der Waals surface area contributed by atoms with Crippen molar-refractivity contribution in [3.63, 3.8) is 0 Å². The average Bonchev–Trinajstić information content (AvgIpc) is 3.89. The van der Waals surface area contributed by atoms with Gasteiger partial charge in [-0.2, -0.15) is 8.78 Å². The topological polar surface area (TPSA) is 155 Å². The third kappa shape index (κ3) is 7.57. The first kappa shape index (κ1) is 30.6. The van der Waals surface area contributed by atoms with Gasteiger partial charge in [-0.3, -0.25) is 9.59 Å². The fourth-order valence-electron chi connectivity index (χ4n) is 4.29. The van der Waals surface area contributed by atoms with Crippen LogP contribution in [0.1, 0.15) is 66.6 Å². The Kier molecular flexibility index (Phi) is 8.92. The number of hydrogen-bond donors (Lipinski definition) is 3. The number of nitrogens with two attached hydrogens (primary N) is 1. The molecular formula is C29H28F4N4O7. The van der Waals surface area contributed by atoms with Crippen LogP contribution >= 0.6 is 0 Å². The molecule has 2 aliphatic carbocycles. The van der Waals surface area contributed by atoms with Crippen LogP contribution in [0.3, 0.4) is 0 Å². The Morgan fingerprint density at radius 3 is 2.45 bits per heavy atom. The van der Waals surface area contributed by atoms with E-state index in [-0.39, 0.29) is 52.8 Å². The van der Waals surface area contributed by atoms with E-state index in [0.29, 0.717) is 18.9 Å². The molecule has 2 fully saturated rings. The lowest BCUT2D eigenvalue weighted by molar-refractivity contribution is -0.123. The summed E-state index contributed by atoms with van der Waals surface area (Å²) in [5.41, 5.74) is 4.57. The number of benzene rings is 2. The molecule has 1 unspecified atom stereocenters. The number of amides is 3. The van der Waals surface area contributed by atoms with Gasteiger partial charge in [-0.25, -0.2) is 18.6 Å². The minimum absolute atomic E-state index is 0.0227. The monoisotopic (exact) mass is 620 g/mol. The number of carbonyl (C=O) groups is 3. The zero-order chi connectivity index (χ0) is 31.5. The van der Waals surface area contributed by atoms with Gasteiger partial charge in [0.15, 0.2) is 29.1 Å². The average molecular weight is 621 g/mol. The zero-order valence-corrected chi connectivity index (χ0v) is 23.3. The van der Waals surface area contributed by atoms with E-state index in [0.717, 1.165) is 25.0 Å². The van der Waals surface area contributed by atoms with E-state index in [1.54, 1.807) is 0 Å². The molecule has 3 amide bonds. The van der Waals surface area contributed by atoms with E-state index in [2.05, 4.69) is 20.4 Å². The molecule has 0 aliphatic heterocycles. The quantitative estimate of drug-likeness (QED) is 0.228. The highest BCUT2D eigenvalue weighted by Gasteiger charge is 2.34. The predicted molar refractivity (Wildman–Crippen MR) is 144 cm³/mol. The van der Waals surface area contributed by atoms with Crippen LogP contribution < -0.4 is 25.8 Å². The molecule has 0 radical (unpaired) electrons. The smallest absolute Gasteiger partial charge is 0.405 e. The number of oxazole rings is 1. The van der Waals surface area contributed by atoms with Gasteiger partial charge in [0, 0.05) is 23.2 Å². The van der Waals surface area contributed by atoms with Crippen molar-refractivity contribution >= 4 is 17.9 Å². The molecule has 4 N–H and O–H groups in total. The number of nitrogens with zero attached hydrogens (tertiary/aromatic N) is 1. The number of aromatic nitrogens is 1. The van der Waals surface area contributed by atoms with E-state index in [1.165, 1.54) is 25.1 Å². The molecule has 2 saturated carbocycles. The predicted octanol–water partition coefficient (Wildman–Crippen LogP) is 4.92. The van der Waals surface area contributed by atoms with E-state index >= 15 is 0 Å². The molecule has 234 valence electrons. The third-order valence-electron chi connectivity index (χ3n) is 6.84. The van der Waals surface area contributed by atoms with Crippen molar-refractivity contribution in [1.29, 1.82) is 0 Å². The Hall–Kier alpha value is -4.82. The molecule has 1 heterocycles. The van der Waals surface area contributed by atoms with Crippen molar-refractivity contribution in [3.05, 3.63) is 65.1 Å². The maximum atomic E-state index is 14.8. The molecule has 1 aromatic heterocycles. The van der Waals surface area contributed by atoms with Crippen molar-refractivity contribution in [1.82, 2.24) is 15.6 Å². The number of hydrogen-bond acceptors (Lipinski definition) is 8. The lowest BCUT2D eigenvalue weighted by Crippen LogP contribution is -2.42. The van der Waals surface area contributed by atoms with Gasteiger partial charge in [-0.1, -0.05) is 6.07 Å². The van der Waals surface area contributed by atoms with Gasteiger partial charge in [0.2, 0.25) is 11.8 Å². The molecule has 0 saturated heterocycles. The van der Waals surface area contributed by atoms with Gasteiger partial charge in [0.05, 0.1) is 6.61 Å². The molecule has 2 atom stereocenters. The molecule has 11 nitrogen and oxygen atoms in total. The highest BCUT2D eigenvalue weighted by molar-refractivity contribution is 5.98. The summed E-state index contributed by atoms with van der Waals surface area (Å²) in [4.78, 5) is 42.4. The van der Waals surface area contributed by atoms with Gasteiger partial charge in [0.25, 0.3) is 5.91 Å². The normalized spacial score (nSPS) is 15.8. The number of nitrogens with one attached hydrogen (secondary N) is 2. The first-order valence-electron chi connectivity index (χ1n) is 13.7. The van der Waals surface area contributed by atoms with E-state index in [1.807, 2.05) is 0 Å². The number of primary amides is 1. The summed E-state index contributed by atoms with van der Waals surface area (Å²) in [7, 11) is 0. The molecule has 5 rings (SSSR count). The molecule has 3 aromatic rings. The minimum atomic E-state index is -3.12. The number of halogens is 4.